The second kappa shape index (κ2) is 15.3. The van der Waals surface area contributed by atoms with Crippen molar-refractivity contribution in [1.29, 1.82) is 0 Å². The number of Topliss-reactive ketones (excluding diaryl/α,β-unsaturated/α-hetero) is 1. The van der Waals surface area contributed by atoms with Crippen molar-refractivity contribution in [2.24, 2.45) is 0 Å². The number of carbonyl (C=O) groups excluding carboxylic acids is 2. The summed E-state index contributed by atoms with van der Waals surface area (Å²) >= 11 is 0. The van der Waals surface area contributed by atoms with Crippen LogP contribution in [-0.2, 0) is 9.59 Å². The zero-order valence-electron chi connectivity index (χ0n) is 24.6. The van der Waals surface area contributed by atoms with E-state index in [4.69, 9.17) is 14.2 Å². The van der Waals surface area contributed by atoms with Crippen molar-refractivity contribution < 1.29 is 28.9 Å². The molecule has 1 aliphatic rings. The van der Waals surface area contributed by atoms with E-state index in [2.05, 4.69) is 25.7 Å². The molecule has 1 unspecified atom stereocenters. The molecular formula is C32H44N2O6. The predicted octanol–water partition coefficient (Wildman–Crippen LogP) is 5.82. The summed E-state index contributed by atoms with van der Waals surface area (Å²) in [6.45, 7) is 14.6. The Morgan fingerprint density at radius 3 is 2.20 bits per heavy atom. The molecule has 1 aliphatic heterocycles. The van der Waals surface area contributed by atoms with Crippen LogP contribution in [0.3, 0.4) is 0 Å². The number of carbonyl (C=O) groups is 2. The monoisotopic (exact) mass is 552 g/mol. The number of amides is 1. The van der Waals surface area contributed by atoms with E-state index in [1.54, 1.807) is 29.2 Å². The first-order chi connectivity index (χ1) is 19.4. The summed E-state index contributed by atoms with van der Waals surface area (Å²) in [7, 11) is 0. The summed E-state index contributed by atoms with van der Waals surface area (Å²) in [6, 6.07) is 11.6. The van der Waals surface area contributed by atoms with Gasteiger partial charge in [-0.1, -0.05) is 33.3 Å². The molecule has 8 heteroatoms. The fraction of sp³-hybridized carbons (Fsp3) is 0.500. The second-order valence-electron chi connectivity index (χ2n) is 9.67. The average Bonchev–Trinajstić information content (AvgIpc) is 3.21. The molecule has 218 valence electrons. The minimum atomic E-state index is -0.757. The normalized spacial score (nSPS) is 16.6. The molecule has 0 spiro atoms. The van der Waals surface area contributed by atoms with Crippen molar-refractivity contribution in [3.05, 3.63) is 59.2 Å². The third-order valence-corrected chi connectivity index (χ3v) is 7.09. The van der Waals surface area contributed by atoms with Crippen LogP contribution < -0.4 is 14.2 Å². The van der Waals surface area contributed by atoms with Crippen LogP contribution in [0.4, 0.5) is 0 Å². The van der Waals surface area contributed by atoms with E-state index in [1.807, 2.05) is 32.0 Å². The van der Waals surface area contributed by atoms with Crippen molar-refractivity contribution in [1.82, 2.24) is 9.80 Å². The van der Waals surface area contributed by atoms with Crippen molar-refractivity contribution in [2.75, 3.05) is 46.0 Å². The standard InChI is InChI=1S/C32H44N2O6/c1-6-11-21-40-26-18-15-24(22-27(26)39-10-5)29-28(30(35)23-13-16-25(17-14-23)38-9-4)31(36)32(37)34(29)20-12-19-33(7-2)8-3/h13-18,22,29,35H,6-12,19-21H2,1-5H3/b30-28+. The first-order valence-corrected chi connectivity index (χ1v) is 14.5. The quantitative estimate of drug-likeness (QED) is 0.122. The Bertz CT molecular complexity index is 1160. The summed E-state index contributed by atoms with van der Waals surface area (Å²) in [6.07, 6.45) is 2.63. The smallest absolute Gasteiger partial charge is 0.295 e. The molecule has 1 amide bonds. The molecule has 1 atom stereocenters. The van der Waals surface area contributed by atoms with Crippen LogP contribution in [0.2, 0.25) is 0 Å². The van der Waals surface area contributed by atoms with Gasteiger partial charge in [0, 0.05) is 12.1 Å². The number of hydrogen-bond acceptors (Lipinski definition) is 7. The first-order valence-electron chi connectivity index (χ1n) is 14.5. The van der Waals surface area contributed by atoms with E-state index in [9.17, 15) is 14.7 Å². The lowest BCUT2D eigenvalue weighted by atomic mass is 9.95. The molecule has 0 bridgehead atoms. The lowest BCUT2D eigenvalue weighted by molar-refractivity contribution is -0.140. The zero-order valence-corrected chi connectivity index (χ0v) is 24.6. The highest BCUT2D eigenvalue weighted by molar-refractivity contribution is 6.46. The molecule has 0 saturated carbocycles. The Labute approximate surface area is 238 Å². The highest BCUT2D eigenvalue weighted by Crippen LogP contribution is 2.42. The SMILES string of the molecule is CCCCOc1ccc(C2/C(=C(\O)c3ccc(OCC)cc3)C(=O)C(=O)N2CCCN(CC)CC)cc1OCC. The van der Waals surface area contributed by atoms with E-state index in [0.29, 0.717) is 61.2 Å². The second-order valence-corrected chi connectivity index (χ2v) is 9.67. The number of nitrogens with zero attached hydrogens (tertiary/aromatic N) is 2. The Kier molecular flexibility index (Phi) is 11.9. The molecule has 40 heavy (non-hydrogen) atoms. The maximum atomic E-state index is 13.4. The largest absolute Gasteiger partial charge is 0.507 e. The van der Waals surface area contributed by atoms with Crippen LogP contribution in [0.25, 0.3) is 5.76 Å². The summed E-state index contributed by atoms with van der Waals surface area (Å²) in [4.78, 5) is 30.7. The number of aliphatic hydroxyl groups excluding tert-OH is 1. The van der Waals surface area contributed by atoms with Gasteiger partial charge in [0.25, 0.3) is 11.7 Å². The number of benzene rings is 2. The number of unbranched alkanes of at least 4 members (excludes halogenated alkanes) is 1. The molecule has 8 nitrogen and oxygen atoms in total. The summed E-state index contributed by atoms with van der Waals surface area (Å²) in [5.41, 5.74) is 1.19. The molecule has 1 saturated heterocycles. The zero-order chi connectivity index (χ0) is 29.1. The molecule has 0 radical (unpaired) electrons. The van der Waals surface area contributed by atoms with Gasteiger partial charge >= 0.3 is 0 Å². The predicted molar refractivity (Wildman–Crippen MR) is 157 cm³/mol. The van der Waals surface area contributed by atoms with Gasteiger partial charge in [-0.2, -0.15) is 0 Å². The highest BCUT2D eigenvalue weighted by Gasteiger charge is 2.46. The van der Waals surface area contributed by atoms with Gasteiger partial charge in [0.2, 0.25) is 0 Å². The lowest BCUT2D eigenvalue weighted by Gasteiger charge is -2.27. The Hall–Kier alpha value is -3.52. The van der Waals surface area contributed by atoms with Crippen LogP contribution in [0.5, 0.6) is 17.2 Å². The van der Waals surface area contributed by atoms with Gasteiger partial charge in [-0.05, 0) is 88.3 Å². The molecule has 3 rings (SSSR count). The molecule has 0 aromatic heterocycles. The maximum Gasteiger partial charge on any atom is 0.295 e. The molecule has 1 heterocycles. The van der Waals surface area contributed by atoms with Crippen molar-refractivity contribution in [3.8, 4) is 17.2 Å². The van der Waals surface area contributed by atoms with Crippen molar-refractivity contribution >= 4 is 17.4 Å². The molecular weight excluding hydrogens is 508 g/mol. The van der Waals surface area contributed by atoms with Gasteiger partial charge < -0.3 is 29.1 Å². The topological polar surface area (TPSA) is 88.5 Å². The van der Waals surface area contributed by atoms with E-state index in [-0.39, 0.29) is 11.3 Å². The summed E-state index contributed by atoms with van der Waals surface area (Å²) < 4.78 is 17.4. The maximum absolute atomic E-state index is 13.4. The number of aliphatic hydroxyl groups is 1. The fourth-order valence-corrected chi connectivity index (χ4v) is 4.90. The summed E-state index contributed by atoms with van der Waals surface area (Å²) in [5.74, 6) is 0.306. The van der Waals surface area contributed by atoms with Gasteiger partial charge in [-0.3, -0.25) is 9.59 Å². The number of rotatable bonds is 16. The van der Waals surface area contributed by atoms with Gasteiger partial charge in [0.1, 0.15) is 11.5 Å². The summed E-state index contributed by atoms with van der Waals surface area (Å²) in [5, 5.41) is 11.4. The minimum absolute atomic E-state index is 0.0686. The third-order valence-electron chi connectivity index (χ3n) is 7.09. The van der Waals surface area contributed by atoms with Gasteiger partial charge in [0.15, 0.2) is 11.5 Å². The van der Waals surface area contributed by atoms with Crippen LogP contribution in [0, 0.1) is 0 Å². The van der Waals surface area contributed by atoms with Crippen LogP contribution in [0.1, 0.15) is 71.0 Å². The Balaban J connectivity index is 2.06. The minimum Gasteiger partial charge on any atom is -0.507 e. The number of likely N-dealkylation sites (tertiary alicyclic amines) is 1. The van der Waals surface area contributed by atoms with Crippen LogP contribution >= 0.6 is 0 Å². The van der Waals surface area contributed by atoms with Crippen LogP contribution in [0.15, 0.2) is 48.0 Å². The Morgan fingerprint density at radius 1 is 0.875 bits per heavy atom. The molecule has 0 aliphatic carbocycles. The molecule has 2 aromatic rings. The average molecular weight is 553 g/mol. The third kappa shape index (κ3) is 7.36. The van der Waals surface area contributed by atoms with Crippen molar-refractivity contribution in [2.45, 2.75) is 59.9 Å². The lowest BCUT2D eigenvalue weighted by Crippen LogP contribution is -2.33. The molecule has 2 aromatic carbocycles. The van der Waals surface area contributed by atoms with E-state index >= 15 is 0 Å². The van der Waals surface area contributed by atoms with Crippen molar-refractivity contribution in [3.63, 3.8) is 0 Å². The number of ketones is 1. The fourth-order valence-electron chi connectivity index (χ4n) is 4.90. The number of ether oxygens (including phenoxy) is 3. The van der Waals surface area contributed by atoms with Crippen LogP contribution in [-0.4, -0.2) is 72.6 Å². The van der Waals surface area contributed by atoms with E-state index < -0.39 is 17.7 Å². The van der Waals surface area contributed by atoms with E-state index in [1.165, 1.54) is 0 Å². The molecule has 1 fully saturated rings. The first kappa shape index (κ1) is 31.0. The highest BCUT2D eigenvalue weighted by atomic mass is 16.5. The molecule has 1 N–H and O–H groups in total. The Morgan fingerprint density at radius 2 is 1.57 bits per heavy atom. The van der Waals surface area contributed by atoms with Gasteiger partial charge in [-0.25, -0.2) is 0 Å². The van der Waals surface area contributed by atoms with E-state index in [0.717, 1.165) is 32.5 Å². The number of hydrogen-bond donors (Lipinski definition) is 1. The van der Waals surface area contributed by atoms with Gasteiger partial charge in [0.05, 0.1) is 31.4 Å². The van der Waals surface area contributed by atoms with Gasteiger partial charge in [-0.15, -0.1) is 0 Å².